The number of benzene rings is 1. The lowest BCUT2D eigenvalue weighted by molar-refractivity contribution is 0.0361. The molecule has 334 valence electrons. The average Bonchev–Trinajstić information content (AvgIpc) is 3.22. The van der Waals surface area contributed by atoms with Crippen molar-refractivity contribution in [2.24, 2.45) is 23.7 Å². The fraction of sp³-hybridized carbons (Fsp3) is 0.800. The van der Waals surface area contributed by atoms with Crippen LogP contribution in [0.2, 0.25) is 0 Å². The quantitative estimate of drug-likeness (QED) is 0.0375. The lowest BCUT2D eigenvalue weighted by Gasteiger charge is -2.20. The molecular weight excluding hydrogens is 729 g/mol. The topological polar surface area (TPSA) is 105 Å². The van der Waals surface area contributed by atoms with E-state index in [2.05, 4.69) is 55.4 Å². The van der Waals surface area contributed by atoms with Crippen molar-refractivity contribution >= 4 is 23.9 Å². The fourth-order valence-electron chi connectivity index (χ4n) is 7.97. The summed E-state index contributed by atoms with van der Waals surface area (Å²) in [5, 5.41) is 0. The number of hydrogen-bond acceptors (Lipinski definition) is 8. The van der Waals surface area contributed by atoms with Crippen LogP contribution in [0.15, 0.2) is 12.1 Å². The Morgan fingerprint density at radius 1 is 0.328 bits per heavy atom. The van der Waals surface area contributed by atoms with Gasteiger partial charge in [-0.3, -0.25) is 0 Å². The van der Waals surface area contributed by atoms with Crippen LogP contribution in [0.3, 0.4) is 0 Å². The Kier molecular flexibility index (Phi) is 31.0. The van der Waals surface area contributed by atoms with Gasteiger partial charge < -0.3 is 18.9 Å². The van der Waals surface area contributed by atoms with Gasteiger partial charge in [0, 0.05) is 0 Å². The minimum absolute atomic E-state index is 0.0909. The van der Waals surface area contributed by atoms with E-state index in [1.54, 1.807) is 0 Å². The first kappa shape index (κ1) is 53.1. The maximum Gasteiger partial charge on any atom is 0.339 e. The zero-order valence-corrected chi connectivity index (χ0v) is 38.5. The van der Waals surface area contributed by atoms with Crippen molar-refractivity contribution in [1.82, 2.24) is 0 Å². The van der Waals surface area contributed by atoms with Gasteiger partial charge in [0.25, 0.3) is 0 Å². The first-order chi connectivity index (χ1) is 28.1. The van der Waals surface area contributed by atoms with E-state index in [-0.39, 0.29) is 72.4 Å². The number of carbonyl (C=O) groups is 4. The van der Waals surface area contributed by atoms with Gasteiger partial charge in [-0.15, -0.1) is 0 Å². The summed E-state index contributed by atoms with van der Waals surface area (Å²) in [7, 11) is 0. The van der Waals surface area contributed by atoms with Crippen LogP contribution >= 0.6 is 0 Å². The summed E-state index contributed by atoms with van der Waals surface area (Å²) in [5.74, 6) is -2.12. The molecule has 0 aromatic heterocycles. The summed E-state index contributed by atoms with van der Waals surface area (Å²) in [6.07, 6.45) is 24.3. The molecule has 1 aromatic rings. The largest absolute Gasteiger partial charge is 0.462 e. The van der Waals surface area contributed by atoms with Crippen LogP contribution in [-0.2, 0) is 18.9 Å². The molecule has 0 fully saturated rings. The molecule has 0 saturated carbocycles. The third-order valence-corrected chi connectivity index (χ3v) is 11.5. The lowest BCUT2D eigenvalue weighted by atomic mass is 9.95. The van der Waals surface area contributed by atoms with Crippen molar-refractivity contribution in [1.29, 1.82) is 0 Å². The molecule has 0 amide bonds. The average molecular weight is 815 g/mol. The lowest BCUT2D eigenvalue weighted by Crippen LogP contribution is -2.24. The monoisotopic (exact) mass is 815 g/mol. The minimum Gasteiger partial charge on any atom is -0.462 e. The molecule has 0 heterocycles. The van der Waals surface area contributed by atoms with E-state index >= 15 is 0 Å². The molecule has 0 spiro atoms. The van der Waals surface area contributed by atoms with Crippen molar-refractivity contribution in [3.8, 4) is 0 Å². The molecule has 0 aliphatic heterocycles. The van der Waals surface area contributed by atoms with E-state index in [1.165, 1.54) is 12.1 Å². The molecule has 1 rings (SSSR count). The molecule has 1 aromatic carbocycles. The number of rotatable bonds is 36. The van der Waals surface area contributed by atoms with Crippen molar-refractivity contribution in [2.45, 2.75) is 209 Å². The molecule has 8 nitrogen and oxygen atoms in total. The van der Waals surface area contributed by atoms with E-state index in [0.717, 1.165) is 154 Å². The van der Waals surface area contributed by atoms with E-state index < -0.39 is 23.9 Å². The van der Waals surface area contributed by atoms with Crippen LogP contribution in [0.1, 0.15) is 251 Å². The van der Waals surface area contributed by atoms with Crippen LogP contribution < -0.4 is 0 Å². The van der Waals surface area contributed by atoms with Gasteiger partial charge in [-0.05, 0) is 87.2 Å². The zero-order chi connectivity index (χ0) is 43.0. The van der Waals surface area contributed by atoms with Gasteiger partial charge in [0.1, 0.15) is 0 Å². The fourth-order valence-corrected chi connectivity index (χ4v) is 7.97. The first-order valence-corrected chi connectivity index (χ1v) is 24.0. The van der Waals surface area contributed by atoms with Gasteiger partial charge in [0.05, 0.1) is 48.7 Å². The maximum atomic E-state index is 14.1. The van der Waals surface area contributed by atoms with Crippen molar-refractivity contribution in [2.75, 3.05) is 26.4 Å². The van der Waals surface area contributed by atoms with E-state index in [1.807, 2.05) is 0 Å². The van der Waals surface area contributed by atoms with Crippen LogP contribution in [0.5, 0.6) is 0 Å². The van der Waals surface area contributed by atoms with E-state index in [9.17, 15) is 19.2 Å². The van der Waals surface area contributed by atoms with Crippen LogP contribution in [0.4, 0.5) is 0 Å². The van der Waals surface area contributed by atoms with Gasteiger partial charge in [-0.25, -0.2) is 19.2 Å². The van der Waals surface area contributed by atoms with Crippen LogP contribution in [0, 0.1) is 23.7 Å². The Bertz CT molecular complexity index is 1070. The summed E-state index contributed by atoms with van der Waals surface area (Å²) in [5.41, 5.74) is -0.364. The van der Waals surface area contributed by atoms with Gasteiger partial charge in [0.15, 0.2) is 0 Å². The predicted molar refractivity (Wildman–Crippen MR) is 238 cm³/mol. The standard InChI is InChI=1S/C50H86O8/c1-9-17-21-29-39(25-13-5)35-55-47(51)43-33-45(49(53)57-37-41(27-15-7)31-23-19-11-3)46(50(54)58-38-42(28-16-8)32-24-20-12-4)34-44(43)48(52)56-36-40(26-14-6)30-22-18-10-2/h33-34,39-42H,9-32,35-38H2,1-8H3. The highest BCUT2D eigenvalue weighted by atomic mass is 16.5. The second-order valence-electron chi connectivity index (χ2n) is 16.9. The Morgan fingerprint density at radius 3 is 0.707 bits per heavy atom. The van der Waals surface area contributed by atoms with Crippen LogP contribution in [0.25, 0.3) is 0 Å². The highest BCUT2D eigenvalue weighted by Crippen LogP contribution is 2.26. The number of esters is 4. The second kappa shape index (κ2) is 33.9. The third-order valence-electron chi connectivity index (χ3n) is 11.5. The van der Waals surface area contributed by atoms with Gasteiger partial charge >= 0.3 is 23.9 Å². The Balaban J connectivity index is 3.74. The molecule has 58 heavy (non-hydrogen) atoms. The highest BCUT2D eigenvalue weighted by molar-refractivity contribution is 6.10. The Labute approximate surface area is 355 Å². The van der Waals surface area contributed by atoms with E-state index in [4.69, 9.17) is 18.9 Å². The first-order valence-electron chi connectivity index (χ1n) is 24.0. The predicted octanol–water partition coefficient (Wildman–Crippen LogP) is 14.3. The minimum atomic E-state index is -0.715. The van der Waals surface area contributed by atoms with Gasteiger partial charge in [0.2, 0.25) is 0 Å². The van der Waals surface area contributed by atoms with Gasteiger partial charge in [-0.2, -0.15) is 0 Å². The Morgan fingerprint density at radius 2 is 0.534 bits per heavy atom. The third kappa shape index (κ3) is 21.9. The molecular formula is C50H86O8. The molecule has 4 unspecified atom stereocenters. The molecule has 0 aliphatic carbocycles. The molecule has 0 bridgehead atoms. The molecule has 4 atom stereocenters. The SMILES string of the molecule is CCCCCC(CCC)COC(=O)c1cc(C(=O)OCC(CCC)CCCCC)c(C(=O)OCC(CCC)CCCCC)cc1C(=O)OCC(CCC)CCCCC. The summed E-state index contributed by atoms with van der Waals surface area (Å²) in [4.78, 5) is 56.4. The normalized spacial score (nSPS) is 13.4. The van der Waals surface area contributed by atoms with Crippen molar-refractivity contribution in [3.05, 3.63) is 34.4 Å². The smallest absolute Gasteiger partial charge is 0.339 e. The van der Waals surface area contributed by atoms with Crippen LogP contribution in [-0.4, -0.2) is 50.3 Å². The number of carbonyl (C=O) groups excluding carboxylic acids is 4. The van der Waals surface area contributed by atoms with Crippen molar-refractivity contribution < 1.29 is 38.1 Å². The molecule has 0 saturated heterocycles. The summed E-state index contributed by atoms with van der Waals surface area (Å²) in [6.45, 7) is 18.0. The number of ether oxygens (including phenoxy) is 4. The molecule has 0 N–H and O–H groups in total. The maximum absolute atomic E-state index is 14.1. The summed E-state index contributed by atoms with van der Waals surface area (Å²) >= 11 is 0. The summed E-state index contributed by atoms with van der Waals surface area (Å²) < 4.78 is 23.8. The van der Waals surface area contributed by atoms with E-state index in [0.29, 0.717) is 0 Å². The zero-order valence-electron chi connectivity index (χ0n) is 38.5. The molecule has 0 radical (unpaired) electrons. The second-order valence-corrected chi connectivity index (χ2v) is 16.9. The van der Waals surface area contributed by atoms with Gasteiger partial charge in [-0.1, -0.05) is 158 Å². The summed E-state index contributed by atoms with van der Waals surface area (Å²) in [6, 6.07) is 2.65. The Hall–Kier alpha value is -2.90. The highest BCUT2D eigenvalue weighted by Gasteiger charge is 2.30. The number of hydrogen-bond donors (Lipinski definition) is 0. The molecule has 8 heteroatoms. The molecule has 0 aliphatic rings. The van der Waals surface area contributed by atoms with Crippen molar-refractivity contribution in [3.63, 3.8) is 0 Å². The number of unbranched alkanes of at least 4 members (excludes halogenated alkanes) is 8.